The largest absolute Gasteiger partial charge is 0.372 e. The highest BCUT2D eigenvalue weighted by atomic mass is 35.5. The first kappa shape index (κ1) is 26.5. The number of ether oxygens (including phenoxy) is 1. The fourth-order valence-corrected chi connectivity index (χ4v) is 4.65. The van der Waals surface area contributed by atoms with Crippen LogP contribution in [0, 0.1) is 37.4 Å². The van der Waals surface area contributed by atoms with Gasteiger partial charge in [0.25, 0.3) is 0 Å². The van der Waals surface area contributed by atoms with Crippen molar-refractivity contribution in [3.63, 3.8) is 0 Å². The van der Waals surface area contributed by atoms with E-state index < -0.39 is 23.2 Å². The second-order valence-electron chi connectivity index (χ2n) is 9.32. The maximum atomic E-state index is 14.4. The molecule has 184 valence electrons. The number of pyridine rings is 1. The van der Waals surface area contributed by atoms with Gasteiger partial charge < -0.3 is 10.1 Å². The minimum atomic E-state index is -0.945. The van der Waals surface area contributed by atoms with Gasteiger partial charge in [-0.1, -0.05) is 23.4 Å². The number of aryl methyl sites for hydroxylation is 2. The molecule has 35 heavy (non-hydrogen) atoms. The third-order valence-corrected chi connectivity index (χ3v) is 6.13. The van der Waals surface area contributed by atoms with Gasteiger partial charge in [-0.05, 0) is 62.6 Å². The third-order valence-electron chi connectivity index (χ3n) is 5.92. The van der Waals surface area contributed by atoms with Crippen molar-refractivity contribution in [1.82, 2.24) is 10.3 Å². The minimum Gasteiger partial charge on any atom is -0.372 e. The number of rotatable bonds is 6. The molecule has 1 heterocycles. The number of hydrogen-bond acceptors (Lipinski definition) is 5. The summed E-state index contributed by atoms with van der Waals surface area (Å²) in [5, 5.41) is 3.00. The maximum Gasteiger partial charge on any atom is 0.221 e. The van der Waals surface area contributed by atoms with Crippen molar-refractivity contribution in [2.24, 2.45) is 5.92 Å². The monoisotopic (exact) mass is 498 g/mol. The van der Waals surface area contributed by atoms with Gasteiger partial charge in [-0.2, -0.15) is 0 Å². The Morgan fingerprint density at radius 3 is 2.51 bits per heavy atom. The fraction of sp³-hybridized carbons (Fsp3) is 0.407. The lowest BCUT2D eigenvalue weighted by atomic mass is 9.85. The van der Waals surface area contributed by atoms with Crippen molar-refractivity contribution in [2.75, 3.05) is 13.7 Å². The van der Waals surface area contributed by atoms with Crippen LogP contribution in [0.25, 0.3) is 11.3 Å². The molecule has 0 bridgehead atoms. The first-order chi connectivity index (χ1) is 16.4. The summed E-state index contributed by atoms with van der Waals surface area (Å²) in [7, 11) is 1.53. The summed E-state index contributed by atoms with van der Waals surface area (Å²) in [6.45, 7) is 7.31. The molecular weight excluding hydrogens is 471 g/mol. The SMILES string of the molecule is COCC#CC(C)(C)NC(=O)CC1CC(=O)C(c2c(C)cc(-c3ncc(Cl)cc3F)cc2C)C1=O. The number of nitrogens with zero attached hydrogens (tertiary/aromatic N) is 1. The van der Waals surface area contributed by atoms with Gasteiger partial charge in [-0.15, -0.1) is 0 Å². The number of ketones is 2. The molecule has 1 aromatic heterocycles. The van der Waals surface area contributed by atoms with E-state index in [1.807, 2.05) is 0 Å². The molecule has 0 saturated heterocycles. The predicted octanol–water partition coefficient (Wildman–Crippen LogP) is 4.33. The van der Waals surface area contributed by atoms with E-state index in [1.54, 1.807) is 39.8 Å². The van der Waals surface area contributed by atoms with Gasteiger partial charge in [-0.3, -0.25) is 19.4 Å². The summed E-state index contributed by atoms with van der Waals surface area (Å²) in [4.78, 5) is 42.9. The molecule has 8 heteroatoms. The van der Waals surface area contributed by atoms with Crippen molar-refractivity contribution in [1.29, 1.82) is 0 Å². The molecule has 0 radical (unpaired) electrons. The van der Waals surface area contributed by atoms with Crippen LogP contribution in [0.3, 0.4) is 0 Å². The Morgan fingerprint density at radius 2 is 1.91 bits per heavy atom. The second-order valence-corrected chi connectivity index (χ2v) is 9.76. The molecule has 1 aliphatic rings. The normalized spacial score (nSPS) is 17.8. The van der Waals surface area contributed by atoms with Crippen molar-refractivity contribution < 1.29 is 23.5 Å². The van der Waals surface area contributed by atoms with Gasteiger partial charge in [0, 0.05) is 37.6 Å². The van der Waals surface area contributed by atoms with Gasteiger partial charge in [-0.25, -0.2) is 4.39 Å². The molecule has 1 fully saturated rings. The van der Waals surface area contributed by atoms with Crippen LogP contribution in [0.15, 0.2) is 24.4 Å². The number of halogens is 2. The Kier molecular flexibility index (Phi) is 8.09. The highest BCUT2D eigenvalue weighted by molar-refractivity contribution is 6.30. The minimum absolute atomic E-state index is 0.000696. The number of amides is 1. The van der Waals surface area contributed by atoms with Crippen LogP contribution < -0.4 is 5.32 Å². The number of benzene rings is 1. The van der Waals surface area contributed by atoms with E-state index in [1.165, 1.54) is 19.4 Å². The molecule has 2 aromatic rings. The van der Waals surface area contributed by atoms with E-state index in [9.17, 15) is 18.8 Å². The topological polar surface area (TPSA) is 85.4 Å². The fourth-order valence-electron chi connectivity index (χ4n) is 4.51. The summed E-state index contributed by atoms with van der Waals surface area (Å²) < 4.78 is 19.3. The molecule has 0 aliphatic heterocycles. The Hall–Kier alpha value is -3.08. The summed E-state index contributed by atoms with van der Waals surface area (Å²) in [6.07, 6.45) is 1.27. The average Bonchev–Trinajstić information content (AvgIpc) is 3.00. The Bertz CT molecular complexity index is 1220. The second kappa shape index (κ2) is 10.7. The van der Waals surface area contributed by atoms with Crippen LogP contribution in [-0.2, 0) is 19.1 Å². The molecule has 0 spiro atoms. The van der Waals surface area contributed by atoms with Crippen molar-refractivity contribution in [3.8, 4) is 23.1 Å². The summed E-state index contributed by atoms with van der Waals surface area (Å²) in [5.41, 5.74) is 1.84. The maximum absolute atomic E-state index is 14.4. The number of aromatic nitrogens is 1. The molecule has 1 N–H and O–H groups in total. The molecule has 1 saturated carbocycles. The van der Waals surface area contributed by atoms with Gasteiger partial charge in [0.1, 0.15) is 24.0 Å². The lowest BCUT2D eigenvalue weighted by Gasteiger charge is -2.21. The molecule has 1 aliphatic carbocycles. The van der Waals surface area contributed by atoms with Crippen LogP contribution in [0.2, 0.25) is 5.02 Å². The molecule has 3 rings (SSSR count). The standard InChI is InChI=1S/C27H28ClFN2O4/c1-15-9-17(25-20(29)13-19(28)14-30-25)10-16(2)23(15)24-21(32)11-18(26(24)34)12-22(33)31-27(3,4)7-6-8-35-5/h9-10,13-14,18,24H,8,11-12H2,1-5H3,(H,31,33). The Labute approximate surface area is 209 Å². The van der Waals surface area contributed by atoms with Gasteiger partial charge in [0.2, 0.25) is 5.91 Å². The number of hydrogen-bond donors (Lipinski definition) is 1. The van der Waals surface area contributed by atoms with Gasteiger partial charge in [0.05, 0.1) is 10.6 Å². The zero-order chi connectivity index (χ0) is 25.9. The average molecular weight is 499 g/mol. The number of carbonyl (C=O) groups is 3. The van der Waals surface area contributed by atoms with Crippen LogP contribution in [0.4, 0.5) is 4.39 Å². The van der Waals surface area contributed by atoms with Crippen LogP contribution in [0.5, 0.6) is 0 Å². The lowest BCUT2D eigenvalue weighted by Crippen LogP contribution is -2.43. The number of nitrogens with one attached hydrogen (secondary N) is 1. The number of carbonyl (C=O) groups excluding carboxylic acids is 3. The molecule has 2 atom stereocenters. The smallest absolute Gasteiger partial charge is 0.221 e. The Balaban J connectivity index is 1.80. The first-order valence-corrected chi connectivity index (χ1v) is 11.6. The van der Waals surface area contributed by atoms with Crippen LogP contribution in [0.1, 0.15) is 49.3 Å². The van der Waals surface area contributed by atoms with Crippen LogP contribution in [-0.4, -0.2) is 41.7 Å². The molecule has 1 amide bonds. The molecule has 1 aromatic carbocycles. The quantitative estimate of drug-likeness (QED) is 0.473. The third kappa shape index (κ3) is 6.14. The first-order valence-electron chi connectivity index (χ1n) is 11.2. The summed E-state index contributed by atoms with van der Waals surface area (Å²) in [6, 6.07) is 4.61. The van der Waals surface area contributed by atoms with E-state index in [0.717, 1.165) is 0 Å². The van der Waals surface area contributed by atoms with E-state index in [4.69, 9.17) is 16.3 Å². The number of methoxy groups -OCH3 is 1. The highest BCUT2D eigenvalue weighted by Crippen LogP contribution is 2.39. The van der Waals surface area contributed by atoms with E-state index in [0.29, 0.717) is 22.3 Å². The Morgan fingerprint density at radius 1 is 1.26 bits per heavy atom. The lowest BCUT2D eigenvalue weighted by molar-refractivity contribution is -0.129. The van der Waals surface area contributed by atoms with E-state index >= 15 is 0 Å². The number of Topliss-reactive ketones (excluding diaryl/α,β-unsaturated/α-hetero) is 2. The molecule has 6 nitrogen and oxygen atoms in total. The van der Waals surface area contributed by atoms with Crippen LogP contribution >= 0.6 is 11.6 Å². The highest BCUT2D eigenvalue weighted by Gasteiger charge is 2.44. The molecular formula is C27H28ClFN2O4. The van der Waals surface area contributed by atoms with Gasteiger partial charge >= 0.3 is 0 Å². The van der Waals surface area contributed by atoms with Crippen molar-refractivity contribution in [3.05, 3.63) is 51.9 Å². The van der Waals surface area contributed by atoms with Crippen molar-refractivity contribution >= 4 is 29.1 Å². The zero-order valence-corrected chi connectivity index (χ0v) is 21.2. The van der Waals surface area contributed by atoms with Gasteiger partial charge in [0.15, 0.2) is 11.6 Å². The predicted molar refractivity (Wildman–Crippen MR) is 131 cm³/mol. The molecule has 2 unspecified atom stereocenters. The zero-order valence-electron chi connectivity index (χ0n) is 20.4. The van der Waals surface area contributed by atoms with Crippen molar-refractivity contribution in [2.45, 2.75) is 52.0 Å². The van der Waals surface area contributed by atoms with E-state index in [2.05, 4.69) is 22.1 Å². The summed E-state index contributed by atoms with van der Waals surface area (Å²) >= 11 is 5.81. The summed E-state index contributed by atoms with van der Waals surface area (Å²) in [5.74, 6) is 2.68. The van der Waals surface area contributed by atoms with E-state index in [-0.39, 0.29) is 47.6 Å².